The van der Waals surface area contributed by atoms with Crippen molar-refractivity contribution in [3.05, 3.63) is 82.4 Å². The van der Waals surface area contributed by atoms with Gasteiger partial charge in [0.2, 0.25) is 0 Å². The van der Waals surface area contributed by atoms with Crippen LogP contribution >= 0.6 is 11.3 Å². The first-order valence-corrected chi connectivity index (χ1v) is 9.26. The molecule has 0 spiro atoms. The number of carbonyl (C=O) groups is 2. The largest absolute Gasteiger partial charge is 0.333 e. The second-order valence-corrected chi connectivity index (χ2v) is 6.96. The molecule has 1 aromatic heterocycles. The molecule has 0 bridgehead atoms. The highest BCUT2D eigenvalue weighted by Crippen LogP contribution is 2.22. The summed E-state index contributed by atoms with van der Waals surface area (Å²) in [6.45, 7) is 1.28. The third-order valence-electron chi connectivity index (χ3n) is 4.40. The molecule has 0 aliphatic carbocycles. The molecule has 2 amide bonds. The van der Waals surface area contributed by atoms with Crippen molar-refractivity contribution in [1.82, 2.24) is 9.88 Å². The van der Waals surface area contributed by atoms with Crippen LogP contribution in [-0.4, -0.2) is 28.2 Å². The standard InChI is InChI=1S/C20H17N3O2S/c24-18(15-7-2-1-3-8-15)22-20-21-17(13-26-20)19(25)23-11-10-14-6-4-5-9-16(14)12-23/h1-9,13H,10-12H2,(H,21,22,24). The number of hydrogen-bond acceptors (Lipinski definition) is 4. The number of thiazole rings is 1. The summed E-state index contributed by atoms with van der Waals surface area (Å²) in [7, 11) is 0. The molecular weight excluding hydrogens is 346 g/mol. The summed E-state index contributed by atoms with van der Waals surface area (Å²) in [6, 6.07) is 17.1. The van der Waals surface area contributed by atoms with Crippen molar-refractivity contribution in [2.45, 2.75) is 13.0 Å². The number of rotatable bonds is 3. The maximum Gasteiger partial charge on any atom is 0.273 e. The molecule has 1 aliphatic rings. The molecule has 2 aromatic carbocycles. The first-order valence-electron chi connectivity index (χ1n) is 8.39. The number of benzene rings is 2. The first-order chi connectivity index (χ1) is 12.7. The van der Waals surface area contributed by atoms with Gasteiger partial charge in [0, 0.05) is 24.0 Å². The van der Waals surface area contributed by atoms with Crippen molar-refractivity contribution < 1.29 is 9.59 Å². The van der Waals surface area contributed by atoms with Crippen LogP contribution in [0.15, 0.2) is 60.0 Å². The second-order valence-electron chi connectivity index (χ2n) is 6.10. The maximum absolute atomic E-state index is 12.7. The van der Waals surface area contributed by atoms with Crippen molar-refractivity contribution in [3.8, 4) is 0 Å². The molecular formula is C20H17N3O2S. The fraction of sp³-hybridized carbons (Fsp3) is 0.150. The van der Waals surface area contributed by atoms with Gasteiger partial charge >= 0.3 is 0 Å². The van der Waals surface area contributed by atoms with Crippen molar-refractivity contribution in [1.29, 1.82) is 0 Å². The lowest BCUT2D eigenvalue weighted by atomic mass is 10.00. The maximum atomic E-state index is 12.7. The minimum Gasteiger partial charge on any atom is -0.333 e. The highest BCUT2D eigenvalue weighted by Gasteiger charge is 2.23. The third kappa shape index (κ3) is 3.36. The van der Waals surface area contributed by atoms with Gasteiger partial charge in [0.1, 0.15) is 5.69 Å². The SMILES string of the molecule is O=C(Nc1nc(C(=O)N2CCc3ccccc3C2)cs1)c1ccccc1. The Hall–Kier alpha value is -2.99. The topological polar surface area (TPSA) is 62.3 Å². The van der Waals surface area contributed by atoms with E-state index in [1.807, 2.05) is 18.2 Å². The van der Waals surface area contributed by atoms with Crippen molar-refractivity contribution in [2.75, 3.05) is 11.9 Å². The van der Waals surface area contributed by atoms with Crippen LogP contribution in [-0.2, 0) is 13.0 Å². The number of nitrogens with zero attached hydrogens (tertiary/aromatic N) is 2. The van der Waals surface area contributed by atoms with E-state index in [4.69, 9.17) is 0 Å². The van der Waals surface area contributed by atoms with Gasteiger partial charge in [0.15, 0.2) is 5.13 Å². The number of amides is 2. The Bertz CT molecular complexity index is 952. The fourth-order valence-electron chi connectivity index (χ4n) is 3.02. The first kappa shape index (κ1) is 16.5. The second kappa shape index (κ2) is 7.09. The Morgan fingerprint density at radius 2 is 1.73 bits per heavy atom. The predicted octanol–water partition coefficient (Wildman–Crippen LogP) is 3.59. The average molecular weight is 363 g/mol. The lowest BCUT2D eigenvalue weighted by molar-refractivity contribution is 0.0729. The van der Waals surface area contributed by atoms with Crippen molar-refractivity contribution >= 4 is 28.3 Å². The lowest BCUT2D eigenvalue weighted by Gasteiger charge is -2.28. The van der Waals surface area contributed by atoms with Crippen LogP contribution in [0.2, 0.25) is 0 Å². The monoisotopic (exact) mass is 363 g/mol. The minimum atomic E-state index is -0.231. The summed E-state index contributed by atoms with van der Waals surface area (Å²) in [5.41, 5.74) is 3.41. The molecule has 0 radical (unpaired) electrons. The molecule has 26 heavy (non-hydrogen) atoms. The van der Waals surface area contributed by atoms with E-state index in [0.717, 1.165) is 6.42 Å². The molecule has 2 heterocycles. The van der Waals surface area contributed by atoms with Gasteiger partial charge < -0.3 is 4.90 Å². The molecule has 1 N–H and O–H groups in total. The van der Waals surface area contributed by atoms with E-state index < -0.39 is 0 Å². The minimum absolute atomic E-state index is 0.101. The van der Waals surface area contributed by atoms with Gasteiger partial charge in [-0.05, 0) is 29.7 Å². The van der Waals surface area contributed by atoms with E-state index in [1.54, 1.807) is 34.5 Å². The molecule has 0 saturated carbocycles. The smallest absolute Gasteiger partial charge is 0.273 e. The Balaban J connectivity index is 1.45. The molecule has 6 heteroatoms. The van der Waals surface area contributed by atoms with Crippen LogP contribution in [0.3, 0.4) is 0 Å². The van der Waals surface area contributed by atoms with Crippen LogP contribution in [0.4, 0.5) is 5.13 Å². The van der Waals surface area contributed by atoms with Gasteiger partial charge in [-0.25, -0.2) is 4.98 Å². The van der Waals surface area contributed by atoms with E-state index >= 15 is 0 Å². The van der Waals surface area contributed by atoms with Crippen LogP contribution < -0.4 is 5.32 Å². The number of hydrogen-bond donors (Lipinski definition) is 1. The van der Waals surface area contributed by atoms with E-state index in [1.165, 1.54) is 22.5 Å². The Kier molecular flexibility index (Phi) is 4.50. The average Bonchev–Trinajstić information content (AvgIpc) is 3.16. The Morgan fingerprint density at radius 1 is 1.00 bits per heavy atom. The molecule has 0 saturated heterocycles. The zero-order valence-electron chi connectivity index (χ0n) is 14.0. The van der Waals surface area contributed by atoms with Crippen molar-refractivity contribution in [2.24, 2.45) is 0 Å². The predicted molar refractivity (Wildman–Crippen MR) is 101 cm³/mol. The van der Waals surface area contributed by atoms with Crippen molar-refractivity contribution in [3.63, 3.8) is 0 Å². The zero-order chi connectivity index (χ0) is 17.9. The molecule has 0 unspecified atom stereocenters. The van der Waals surface area contributed by atoms with E-state index in [9.17, 15) is 9.59 Å². The van der Waals surface area contributed by atoms with Gasteiger partial charge in [-0.3, -0.25) is 14.9 Å². The Labute approximate surface area is 155 Å². The van der Waals surface area contributed by atoms with Gasteiger partial charge in [0.05, 0.1) is 0 Å². The molecule has 130 valence electrons. The van der Waals surface area contributed by atoms with Crippen LogP contribution in [0, 0.1) is 0 Å². The molecule has 3 aromatic rings. The third-order valence-corrected chi connectivity index (χ3v) is 5.16. The van der Waals surface area contributed by atoms with E-state index in [2.05, 4.69) is 22.4 Å². The van der Waals surface area contributed by atoms with Gasteiger partial charge in [0.25, 0.3) is 11.8 Å². The summed E-state index contributed by atoms with van der Waals surface area (Å²) >= 11 is 1.26. The highest BCUT2D eigenvalue weighted by molar-refractivity contribution is 7.14. The number of carbonyl (C=O) groups excluding carboxylic acids is 2. The van der Waals surface area contributed by atoms with Crippen LogP contribution in [0.5, 0.6) is 0 Å². The van der Waals surface area contributed by atoms with Crippen LogP contribution in [0.1, 0.15) is 32.0 Å². The van der Waals surface area contributed by atoms with Gasteiger partial charge in [-0.15, -0.1) is 11.3 Å². The molecule has 4 rings (SSSR count). The molecule has 0 atom stereocenters. The normalized spacial score (nSPS) is 13.2. The summed E-state index contributed by atoms with van der Waals surface area (Å²) < 4.78 is 0. The quantitative estimate of drug-likeness (QED) is 0.773. The van der Waals surface area contributed by atoms with E-state index in [-0.39, 0.29) is 11.8 Å². The molecule has 0 fully saturated rings. The lowest BCUT2D eigenvalue weighted by Crippen LogP contribution is -2.36. The molecule has 5 nitrogen and oxygen atoms in total. The number of anilines is 1. The molecule has 1 aliphatic heterocycles. The number of nitrogens with one attached hydrogen (secondary N) is 1. The Morgan fingerprint density at radius 3 is 2.54 bits per heavy atom. The van der Waals surface area contributed by atoms with Gasteiger partial charge in [-0.1, -0.05) is 42.5 Å². The fourth-order valence-corrected chi connectivity index (χ4v) is 3.70. The summed E-state index contributed by atoms with van der Waals surface area (Å²) in [6.07, 6.45) is 0.851. The zero-order valence-corrected chi connectivity index (χ0v) is 14.8. The number of aromatic nitrogens is 1. The summed E-state index contributed by atoms with van der Waals surface area (Å²) in [5, 5.41) is 4.88. The van der Waals surface area contributed by atoms with E-state index in [0.29, 0.717) is 29.5 Å². The van der Waals surface area contributed by atoms with Gasteiger partial charge in [-0.2, -0.15) is 0 Å². The number of fused-ring (bicyclic) bond motifs is 1. The summed E-state index contributed by atoms with van der Waals surface area (Å²) in [5.74, 6) is -0.332. The summed E-state index contributed by atoms with van der Waals surface area (Å²) in [4.78, 5) is 31.0. The highest BCUT2D eigenvalue weighted by atomic mass is 32.1. The van der Waals surface area contributed by atoms with Crippen LogP contribution in [0.25, 0.3) is 0 Å².